The van der Waals surface area contributed by atoms with E-state index in [1.165, 1.54) is 11.1 Å². The van der Waals surface area contributed by atoms with Gasteiger partial charge in [0.2, 0.25) is 0 Å². The first kappa shape index (κ1) is 17.9. The zero-order valence-corrected chi connectivity index (χ0v) is 14.8. The molecule has 1 unspecified atom stereocenters. The van der Waals surface area contributed by atoms with E-state index < -0.39 is 0 Å². The first-order valence-corrected chi connectivity index (χ1v) is 7.83. The number of fused-ring (bicyclic) bond motifs is 1. The van der Waals surface area contributed by atoms with Gasteiger partial charge in [0.1, 0.15) is 0 Å². The van der Waals surface area contributed by atoms with Crippen molar-refractivity contribution in [2.75, 3.05) is 27.3 Å². The number of hydrogen-bond acceptors (Lipinski definition) is 3. The normalized spacial score (nSPS) is 16.7. The fraction of sp³-hybridized carbons (Fsp3) is 0.333. The van der Waals surface area contributed by atoms with Crippen LogP contribution in [-0.2, 0) is 6.42 Å². The van der Waals surface area contributed by atoms with Crippen molar-refractivity contribution >= 4 is 24.0 Å². The Morgan fingerprint density at radius 2 is 1.87 bits per heavy atom. The third-order valence-corrected chi connectivity index (χ3v) is 4.62. The Morgan fingerprint density at radius 3 is 2.52 bits per heavy atom. The van der Waals surface area contributed by atoms with Crippen molar-refractivity contribution in [1.82, 2.24) is 5.32 Å². The fourth-order valence-corrected chi connectivity index (χ4v) is 3.50. The van der Waals surface area contributed by atoms with Crippen LogP contribution in [-0.4, -0.2) is 27.3 Å². The van der Waals surface area contributed by atoms with Gasteiger partial charge in [0.05, 0.1) is 19.2 Å². The fourth-order valence-electron chi connectivity index (χ4n) is 3.13. The number of benzene rings is 2. The molecule has 1 aliphatic rings. The van der Waals surface area contributed by atoms with Gasteiger partial charge in [-0.25, -0.2) is 0 Å². The number of hydrogen-bond donors (Lipinski definition) is 1. The van der Waals surface area contributed by atoms with Gasteiger partial charge in [-0.3, -0.25) is 0 Å². The first-order valence-electron chi connectivity index (χ1n) is 7.45. The topological polar surface area (TPSA) is 30.5 Å². The molecule has 2 aromatic rings. The summed E-state index contributed by atoms with van der Waals surface area (Å²) < 4.78 is 10.9. The van der Waals surface area contributed by atoms with E-state index in [0.29, 0.717) is 16.5 Å². The van der Waals surface area contributed by atoms with Crippen LogP contribution < -0.4 is 14.8 Å². The van der Waals surface area contributed by atoms with Gasteiger partial charge in [0.25, 0.3) is 0 Å². The summed E-state index contributed by atoms with van der Waals surface area (Å²) in [5.41, 5.74) is 3.65. The quantitative estimate of drug-likeness (QED) is 0.902. The molecule has 1 aliphatic heterocycles. The van der Waals surface area contributed by atoms with Crippen LogP contribution in [0.25, 0.3) is 0 Å². The van der Waals surface area contributed by atoms with E-state index >= 15 is 0 Å². The highest BCUT2D eigenvalue weighted by Crippen LogP contribution is 2.43. The number of rotatable bonds is 3. The van der Waals surface area contributed by atoms with E-state index in [2.05, 4.69) is 35.6 Å². The van der Waals surface area contributed by atoms with Gasteiger partial charge < -0.3 is 14.8 Å². The van der Waals surface area contributed by atoms with E-state index in [-0.39, 0.29) is 18.3 Å². The molecule has 1 heterocycles. The van der Waals surface area contributed by atoms with Crippen LogP contribution in [0, 0.1) is 0 Å². The van der Waals surface area contributed by atoms with Crippen molar-refractivity contribution in [3.63, 3.8) is 0 Å². The molecule has 124 valence electrons. The van der Waals surface area contributed by atoms with Crippen molar-refractivity contribution in [1.29, 1.82) is 0 Å². The predicted molar refractivity (Wildman–Crippen MR) is 96.7 cm³/mol. The lowest BCUT2D eigenvalue weighted by molar-refractivity contribution is 0.354. The predicted octanol–water partition coefficient (Wildman–Crippen LogP) is 4.06. The lowest BCUT2D eigenvalue weighted by atomic mass is 9.87. The molecule has 23 heavy (non-hydrogen) atoms. The van der Waals surface area contributed by atoms with E-state index in [0.717, 1.165) is 25.1 Å². The number of nitrogens with one attached hydrogen (secondary N) is 1. The maximum Gasteiger partial charge on any atom is 0.179 e. The molecule has 1 N–H and O–H groups in total. The summed E-state index contributed by atoms with van der Waals surface area (Å²) in [6, 6.07) is 12.6. The van der Waals surface area contributed by atoms with Crippen molar-refractivity contribution in [3.8, 4) is 11.5 Å². The molecular weight excluding hydrogens is 333 g/mol. The first-order chi connectivity index (χ1) is 10.8. The summed E-state index contributed by atoms with van der Waals surface area (Å²) in [5, 5.41) is 4.17. The Labute approximate surface area is 148 Å². The number of halogens is 2. The molecule has 0 saturated heterocycles. The Balaban J connectivity index is 0.00000192. The van der Waals surface area contributed by atoms with Gasteiger partial charge in [-0.1, -0.05) is 41.9 Å². The summed E-state index contributed by atoms with van der Waals surface area (Å²) in [6.45, 7) is 1.80. The van der Waals surface area contributed by atoms with Crippen molar-refractivity contribution in [3.05, 3.63) is 58.1 Å². The van der Waals surface area contributed by atoms with E-state index in [1.807, 2.05) is 6.07 Å². The van der Waals surface area contributed by atoms with Crippen molar-refractivity contribution in [2.24, 2.45) is 0 Å². The molecule has 0 radical (unpaired) electrons. The summed E-state index contributed by atoms with van der Waals surface area (Å²) in [6.07, 6.45) is 0.887. The molecule has 0 spiro atoms. The molecule has 3 nitrogen and oxygen atoms in total. The van der Waals surface area contributed by atoms with Gasteiger partial charge in [-0.2, -0.15) is 0 Å². The standard InChI is InChI=1S/C18H20ClNO2.ClH/c1-21-16-10-14-13(17(19)18(16)22-2)8-9-20-11-15(14)12-6-4-3-5-7-12;/h3-7,10,15,20H,8-9,11H2,1-2H3;1H. The van der Waals surface area contributed by atoms with Crippen LogP contribution in [0.3, 0.4) is 0 Å². The third-order valence-electron chi connectivity index (χ3n) is 4.22. The molecule has 0 aliphatic carbocycles. The Morgan fingerprint density at radius 1 is 1.13 bits per heavy atom. The van der Waals surface area contributed by atoms with Gasteiger partial charge in [-0.05, 0) is 35.7 Å². The SMILES string of the molecule is COc1cc2c(c(Cl)c1OC)CCNCC2c1ccccc1.Cl. The zero-order valence-electron chi connectivity index (χ0n) is 13.3. The molecule has 0 bridgehead atoms. The number of ether oxygens (including phenoxy) is 2. The van der Waals surface area contributed by atoms with Crippen LogP contribution >= 0.6 is 24.0 Å². The van der Waals surface area contributed by atoms with Crippen LogP contribution in [0.15, 0.2) is 36.4 Å². The highest BCUT2D eigenvalue weighted by Gasteiger charge is 2.26. The summed E-state index contributed by atoms with van der Waals surface area (Å²) in [4.78, 5) is 0. The minimum absolute atomic E-state index is 0. The van der Waals surface area contributed by atoms with Crippen LogP contribution in [0.5, 0.6) is 11.5 Å². The number of methoxy groups -OCH3 is 2. The second-order valence-electron chi connectivity index (χ2n) is 5.41. The lowest BCUT2D eigenvalue weighted by Crippen LogP contribution is -2.20. The molecule has 0 amide bonds. The van der Waals surface area contributed by atoms with E-state index in [4.69, 9.17) is 21.1 Å². The van der Waals surface area contributed by atoms with E-state index in [9.17, 15) is 0 Å². The molecule has 0 fully saturated rings. The summed E-state index contributed by atoms with van der Waals surface area (Å²) >= 11 is 6.60. The van der Waals surface area contributed by atoms with Gasteiger partial charge in [0.15, 0.2) is 11.5 Å². The van der Waals surface area contributed by atoms with E-state index in [1.54, 1.807) is 14.2 Å². The maximum atomic E-state index is 6.60. The van der Waals surface area contributed by atoms with Crippen molar-refractivity contribution in [2.45, 2.75) is 12.3 Å². The molecule has 0 saturated carbocycles. The van der Waals surface area contributed by atoms with Crippen molar-refractivity contribution < 1.29 is 9.47 Å². The van der Waals surface area contributed by atoms with Crippen LogP contribution in [0.4, 0.5) is 0 Å². The average Bonchev–Trinajstić information content (AvgIpc) is 2.78. The lowest BCUT2D eigenvalue weighted by Gasteiger charge is -2.21. The van der Waals surface area contributed by atoms with Gasteiger partial charge in [-0.15, -0.1) is 12.4 Å². The second kappa shape index (κ2) is 7.91. The minimum Gasteiger partial charge on any atom is -0.493 e. The Kier molecular flexibility index (Phi) is 6.17. The maximum absolute atomic E-state index is 6.60. The highest BCUT2D eigenvalue weighted by molar-refractivity contribution is 6.33. The molecule has 0 aromatic heterocycles. The van der Waals surface area contributed by atoms with Gasteiger partial charge >= 0.3 is 0 Å². The van der Waals surface area contributed by atoms with Gasteiger partial charge in [0, 0.05) is 12.5 Å². The molecular formula is C18H21Cl2NO2. The highest BCUT2D eigenvalue weighted by atomic mass is 35.5. The average molecular weight is 354 g/mol. The molecule has 1 atom stereocenters. The molecule has 5 heteroatoms. The smallest absolute Gasteiger partial charge is 0.179 e. The Hall–Kier alpha value is -1.42. The summed E-state index contributed by atoms with van der Waals surface area (Å²) in [5.74, 6) is 1.57. The molecule has 3 rings (SSSR count). The second-order valence-corrected chi connectivity index (χ2v) is 5.79. The zero-order chi connectivity index (χ0) is 15.5. The van der Waals surface area contributed by atoms with Crippen LogP contribution in [0.2, 0.25) is 5.02 Å². The Bertz CT molecular complexity index is 662. The van der Waals surface area contributed by atoms with Crippen LogP contribution in [0.1, 0.15) is 22.6 Å². The summed E-state index contributed by atoms with van der Waals surface area (Å²) in [7, 11) is 3.27. The monoisotopic (exact) mass is 353 g/mol. The third kappa shape index (κ3) is 3.42. The largest absolute Gasteiger partial charge is 0.493 e. The minimum atomic E-state index is 0. The molecule has 2 aromatic carbocycles.